The zero-order valence-electron chi connectivity index (χ0n) is 18.2. The van der Waals surface area contributed by atoms with E-state index in [2.05, 4.69) is 15.1 Å². The molecule has 0 spiro atoms. The largest absolute Gasteiger partial charge is 0.479 e. The van der Waals surface area contributed by atoms with E-state index in [9.17, 15) is 9.59 Å². The van der Waals surface area contributed by atoms with E-state index in [0.29, 0.717) is 48.1 Å². The van der Waals surface area contributed by atoms with Crippen molar-refractivity contribution in [2.24, 2.45) is 0 Å². The van der Waals surface area contributed by atoms with Gasteiger partial charge in [0.15, 0.2) is 0 Å². The van der Waals surface area contributed by atoms with Crippen LogP contribution < -0.4 is 4.74 Å². The fourth-order valence-electron chi connectivity index (χ4n) is 4.40. The molecule has 0 aliphatic carbocycles. The van der Waals surface area contributed by atoms with Gasteiger partial charge in [-0.2, -0.15) is 0 Å². The molecule has 2 aliphatic heterocycles. The first-order valence-corrected chi connectivity index (χ1v) is 11.0. The summed E-state index contributed by atoms with van der Waals surface area (Å²) in [4.78, 5) is 38.9. The van der Waals surface area contributed by atoms with Crippen LogP contribution in [0.3, 0.4) is 0 Å². The van der Waals surface area contributed by atoms with Gasteiger partial charge in [0.2, 0.25) is 5.91 Å². The van der Waals surface area contributed by atoms with Gasteiger partial charge in [0.05, 0.1) is 24.4 Å². The minimum Gasteiger partial charge on any atom is -0.479 e. The number of methoxy groups -OCH3 is 1. The van der Waals surface area contributed by atoms with Crippen molar-refractivity contribution in [2.75, 3.05) is 26.7 Å². The number of likely N-dealkylation sites (tertiary alicyclic amines) is 2. The molecule has 2 aliphatic rings. The van der Waals surface area contributed by atoms with Gasteiger partial charge in [0.25, 0.3) is 11.8 Å². The fraction of sp³-hybridized carbons (Fsp3) is 0.591. The van der Waals surface area contributed by atoms with Gasteiger partial charge in [-0.25, -0.2) is 9.97 Å². The molecule has 0 unspecified atom stereocenters. The number of hydrogen-bond acceptors (Lipinski definition) is 7. The second-order valence-electron chi connectivity index (χ2n) is 8.15. The quantitative estimate of drug-likeness (QED) is 0.698. The molecular formula is C22H29N5O4. The summed E-state index contributed by atoms with van der Waals surface area (Å²) in [5.41, 5.74) is 1.20. The zero-order chi connectivity index (χ0) is 21.8. The summed E-state index contributed by atoms with van der Waals surface area (Å²) in [7, 11) is 1.52. The molecule has 0 aromatic carbocycles. The summed E-state index contributed by atoms with van der Waals surface area (Å²) in [6.45, 7) is 4.00. The Labute approximate surface area is 181 Å². The third-order valence-electron chi connectivity index (χ3n) is 6.03. The highest BCUT2D eigenvalue weighted by atomic mass is 16.5. The van der Waals surface area contributed by atoms with E-state index in [1.165, 1.54) is 7.11 Å². The van der Waals surface area contributed by atoms with Crippen LogP contribution in [0.4, 0.5) is 0 Å². The molecule has 0 saturated carbocycles. The van der Waals surface area contributed by atoms with Crippen molar-refractivity contribution in [3.05, 3.63) is 35.1 Å². The standard InChI is InChI=1S/C22H29N5O4/c1-15-23-14-17(22(29)26-10-4-3-5-11-26)21(24-15)18-7-6-12-27(18)20(28)9-8-16-13-19(30-2)25-31-16/h13-14,18H,3-12H2,1-2H3/t18-/m1/s1. The van der Waals surface area contributed by atoms with Gasteiger partial charge in [-0.3, -0.25) is 9.59 Å². The average molecular weight is 428 g/mol. The summed E-state index contributed by atoms with van der Waals surface area (Å²) in [5.74, 6) is 1.62. The molecule has 4 heterocycles. The average Bonchev–Trinajstić information content (AvgIpc) is 3.47. The molecule has 2 saturated heterocycles. The van der Waals surface area contributed by atoms with Crippen molar-refractivity contribution in [1.29, 1.82) is 0 Å². The van der Waals surface area contributed by atoms with Crippen LogP contribution in [0.2, 0.25) is 0 Å². The number of carbonyl (C=O) groups is 2. The number of amides is 2. The molecule has 1 atom stereocenters. The van der Waals surface area contributed by atoms with E-state index in [-0.39, 0.29) is 17.9 Å². The second kappa shape index (κ2) is 9.45. The molecule has 2 aromatic rings. The number of piperidine rings is 1. The third-order valence-corrected chi connectivity index (χ3v) is 6.03. The maximum atomic E-state index is 13.2. The highest BCUT2D eigenvalue weighted by Gasteiger charge is 2.35. The van der Waals surface area contributed by atoms with Gasteiger partial charge >= 0.3 is 0 Å². The predicted molar refractivity (Wildman–Crippen MR) is 112 cm³/mol. The minimum absolute atomic E-state index is 0.0190. The lowest BCUT2D eigenvalue weighted by Gasteiger charge is -2.29. The SMILES string of the molecule is COc1cc(CCC(=O)N2CCC[C@@H]2c2nc(C)ncc2C(=O)N2CCCCC2)on1. The van der Waals surface area contributed by atoms with E-state index in [0.717, 1.165) is 45.2 Å². The van der Waals surface area contributed by atoms with E-state index >= 15 is 0 Å². The number of aromatic nitrogens is 3. The van der Waals surface area contributed by atoms with Crippen LogP contribution in [0.25, 0.3) is 0 Å². The molecular weight excluding hydrogens is 398 g/mol. The van der Waals surface area contributed by atoms with Crippen molar-refractivity contribution in [2.45, 2.75) is 57.9 Å². The van der Waals surface area contributed by atoms with Crippen LogP contribution in [-0.2, 0) is 11.2 Å². The summed E-state index contributed by atoms with van der Waals surface area (Å²) in [6.07, 6.45) is 7.25. The molecule has 4 rings (SSSR count). The van der Waals surface area contributed by atoms with Crippen LogP contribution in [-0.4, -0.2) is 63.5 Å². The van der Waals surface area contributed by atoms with Gasteiger partial charge in [0, 0.05) is 44.7 Å². The first-order valence-electron chi connectivity index (χ1n) is 11.0. The van der Waals surface area contributed by atoms with Gasteiger partial charge in [-0.1, -0.05) is 0 Å². The summed E-state index contributed by atoms with van der Waals surface area (Å²) < 4.78 is 10.2. The normalized spacial score (nSPS) is 19.0. The van der Waals surface area contributed by atoms with E-state index in [4.69, 9.17) is 9.26 Å². The Bertz CT molecular complexity index is 938. The highest BCUT2D eigenvalue weighted by molar-refractivity contribution is 5.95. The number of nitrogens with zero attached hydrogens (tertiary/aromatic N) is 5. The van der Waals surface area contributed by atoms with Gasteiger partial charge in [-0.15, -0.1) is 0 Å². The summed E-state index contributed by atoms with van der Waals surface area (Å²) in [6, 6.07) is 1.49. The molecule has 0 bridgehead atoms. The van der Waals surface area contributed by atoms with Gasteiger partial charge in [-0.05, 0) is 44.2 Å². The third kappa shape index (κ3) is 4.70. The minimum atomic E-state index is -0.206. The molecule has 166 valence electrons. The number of ether oxygens (including phenoxy) is 1. The fourth-order valence-corrected chi connectivity index (χ4v) is 4.40. The van der Waals surface area contributed by atoms with Gasteiger partial charge in [0.1, 0.15) is 11.6 Å². The lowest BCUT2D eigenvalue weighted by Crippen LogP contribution is -2.38. The second-order valence-corrected chi connectivity index (χ2v) is 8.15. The van der Waals surface area contributed by atoms with E-state index < -0.39 is 0 Å². The molecule has 31 heavy (non-hydrogen) atoms. The predicted octanol–water partition coefficient (Wildman–Crippen LogP) is 2.70. The monoisotopic (exact) mass is 427 g/mol. The molecule has 9 nitrogen and oxygen atoms in total. The van der Waals surface area contributed by atoms with E-state index in [1.54, 1.807) is 12.3 Å². The van der Waals surface area contributed by atoms with Gasteiger partial charge < -0.3 is 19.1 Å². The van der Waals surface area contributed by atoms with Crippen LogP contribution in [0.15, 0.2) is 16.8 Å². The molecule has 2 amide bonds. The van der Waals surface area contributed by atoms with Crippen molar-refractivity contribution in [3.8, 4) is 5.88 Å². The molecule has 0 radical (unpaired) electrons. The Hall–Kier alpha value is -2.97. The number of hydrogen-bond donors (Lipinski definition) is 0. The topological polar surface area (TPSA) is 102 Å². The van der Waals surface area contributed by atoms with Crippen molar-refractivity contribution < 1.29 is 18.8 Å². The van der Waals surface area contributed by atoms with Crippen molar-refractivity contribution in [3.63, 3.8) is 0 Å². The molecule has 2 aromatic heterocycles. The van der Waals surface area contributed by atoms with Crippen LogP contribution in [0, 0.1) is 6.92 Å². The molecule has 0 N–H and O–H groups in total. The Morgan fingerprint density at radius 3 is 2.74 bits per heavy atom. The Balaban J connectivity index is 1.51. The summed E-state index contributed by atoms with van der Waals surface area (Å²) >= 11 is 0. The first-order chi connectivity index (χ1) is 15.1. The number of rotatable bonds is 6. The highest BCUT2D eigenvalue weighted by Crippen LogP contribution is 2.34. The van der Waals surface area contributed by atoms with Crippen LogP contribution >= 0.6 is 0 Å². The van der Waals surface area contributed by atoms with Crippen molar-refractivity contribution >= 4 is 11.8 Å². The Kier molecular flexibility index (Phi) is 6.48. The summed E-state index contributed by atoms with van der Waals surface area (Å²) in [5, 5.41) is 3.78. The van der Waals surface area contributed by atoms with E-state index in [1.807, 2.05) is 16.7 Å². The van der Waals surface area contributed by atoms with Crippen LogP contribution in [0.5, 0.6) is 5.88 Å². The zero-order valence-corrected chi connectivity index (χ0v) is 18.2. The maximum absolute atomic E-state index is 13.2. The number of aryl methyl sites for hydroxylation is 2. The first kappa shape index (κ1) is 21.3. The molecule has 9 heteroatoms. The van der Waals surface area contributed by atoms with Crippen LogP contribution in [0.1, 0.15) is 72.2 Å². The molecule has 2 fully saturated rings. The lowest BCUT2D eigenvalue weighted by atomic mass is 10.0. The smallest absolute Gasteiger partial charge is 0.257 e. The number of carbonyl (C=O) groups excluding carboxylic acids is 2. The van der Waals surface area contributed by atoms with Crippen molar-refractivity contribution in [1.82, 2.24) is 24.9 Å². The Morgan fingerprint density at radius 1 is 1.19 bits per heavy atom. The lowest BCUT2D eigenvalue weighted by molar-refractivity contribution is -0.132. The maximum Gasteiger partial charge on any atom is 0.257 e. The Morgan fingerprint density at radius 2 is 2.00 bits per heavy atom.